The van der Waals surface area contributed by atoms with Crippen molar-refractivity contribution in [3.63, 3.8) is 0 Å². The van der Waals surface area contributed by atoms with Crippen LogP contribution in [0.4, 0.5) is 0 Å². The maximum atomic E-state index is 12.5. The smallest absolute Gasteiger partial charge is 0.336 e. The Hall–Kier alpha value is -1.49. The summed E-state index contributed by atoms with van der Waals surface area (Å²) in [4.78, 5) is 24.3. The van der Waals surface area contributed by atoms with Crippen LogP contribution in [0.5, 0.6) is 0 Å². The van der Waals surface area contributed by atoms with E-state index in [0.29, 0.717) is 19.7 Å². The Morgan fingerprint density at radius 1 is 1.30 bits per heavy atom. The number of ether oxygens (including phenoxy) is 1. The molecule has 0 aliphatic carbocycles. The fraction of sp³-hybridized carbons (Fsp3) is 0.538. The molecule has 0 unspecified atom stereocenters. The lowest BCUT2D eigenvalue weighted by Gasteiger charge is -2.33. The summed E-state index contributed by atoms with van der Waals surface area (Å²) in [5, 5.41) is 10.2. The van der Waals surface area contributed by atoms with E-state index >= 15 is 0 Å². The topological polar surface area (TPSA) is 104 Å². The molecule has 1 aromatic heterocycles. The van der Waals surface area contributed by atoms with Gasteiger partial charge in [-0.25, -0.2) is 13.2 Å². The van der Waals surface area contributed by atoms with Crippen molar-refractivity contribution >= 4 is 33.2 Å². The highest BCUT2D eigenvalue weighted by Crippen LogP contribution is 2.24. The van der Waals surface area contributed by atoms with Crippen LogP contribution in [-0.2, 0) is 19.6 Å². The highest BCUT2D eigenvalue weighted by molar-refractivity contribution is 7.91. The highest BCUT2D eigenvalue weighted by atomic mass is 32.2. The van der Waals surface area contributed by atoms with Gasteiger partial charge in [0.25, 0.3) is 10.0 Å². The van der Waals surface area contributed by atoms with Crippen molar-refractivity contribution in [1.82, 2.24) is 9.21 Å². The second-order valence-electron chi connectivity index (χ2n) is 4.88. The number of sulfonamides is 1. The van der Waals surface area contributed by atoms with Crippen molar-refractivity contribution in [3.05, 3.63) is 17.0 Å². The number of hydrogen-bond donors (Lipinski definition) is 1. The molecule has 2 heterocycles. The molecule has 1 saturated heterocycles. The van der Waals surface area contributed by atoms with Crippen molar-refractivity contribution in [3.8, 4) is 0 Å². The fourth-order valence-corrected chi connectivity index (χ4v) is 4.88. The molecule has 128 valence electrons. The zero-order valence-corrected chi connectivity index (χ0v) is 14.2. The van der Waals surface area contributed by atoms with Gasteiger partial charge < -0.3 is 14.7 Å². The predicted octanol–water partition coefficient (Wildman–Crippen LogP) is 0.316. The number of aromatic carboxylic acids is 1. The van der Waals surface area contributed by atoms with Crippen LogP contribution in [0.25, 0.3) is 0 Å². The number of thiophene rings is 1. The Bertz CT molecular complexity index is 676. The quantitative estimate of drug-likeness (QED) is 0.781. The number of carbonyl (C=O) groups excluding carboxylic acids is 1. The maximum Gasteiger partial charge on any atom is 0.336 e. The minimum atomic E-state index is -3.72. The molecule has 10 heteroatoms. The summed E-state index contributed by atoms with van der Waals surface area (Å²) in [7, 11) is -3.72. The van der Waals surface area contributed by atoms with Gasteiger partial charge in [0.05, 0.1) is 5.56 Å². The SMILES string of the molecule is CCOCC(=O)N1CCN(S(=O)(=O)c2cc(C(=O)O)cs2)CC1. The second-order valence-corrected chi connectivity index (χ2v) is 7.96. The summed E-state index contributed by atoms with van der Waals surface area (Å²) in [5.74, 6) is -1.32. The molecule has 1 aromatic rings. The lowest BCUT2D eigenvalue weighted by atomic mass is 10.3. The molecule has 0 spiro atoms. The Morgan fingerprint density at radius 2 is 1.96 bits per heavy atom. The van der Waals surface area contributed by atoms with E-state index in [2.05, 4.69) is 0 Å². The molecular formula is C13H18N2O6S2. The summed E-state index contributed by atoms with van der Waals surface area (Å²) in [6.07, 6.45) is 0. The molecular weight excluding hydrogens is 344 g/mol. The van der Waals surface area contributed by atoms with Crippen LogP contribution >= 0.6 is 11.3 Å². The van der Waals surface area contributed by atoms with Gasteiger partial charge >= 0.3 is 5.97 Å². The molecule has 0 atom stereocenters. The van der Waals surface area contributed by atoms with E-state index in [0.717, 1.165) is 17.4 Å². The number of nitrogens with zero attached hydrogens (tertiary/aromatic N) is 2. The maximum absolute atomic E-state index is 12.5. The van der Waals surface area contributed by atoms with Gasteiger partial charge in [-0.2, -0.15) is 4.31 Å². The van der Waals surface area contributed by atoms with Gasteiger partial charge in [0.1, 0.15) is 10.8 Å². The fourth-order valence-electron chi connectivity index (χ4n) is 2.15. The van der Waals surface area contributed by atoms with Gasteiger partial charge in [-0.1, -0.05) is 0 Å². The summed E-state index contributed by atoms with van der Waals surface area (Å²) >= 11 is 0.886. The van der Waals surface area contributed by atoms with Gasteiger partial charge in [-0.3, -0.25) is 4.79 Å². The van der Waals surface area contributed by atoms with Gasteiger partial charge in [-0.15, -0.1) is 11.3 Å². The van der Waals surface area contributed by atoms with E-state index in [1.54, 1.807) is 11.8 Å². The van der Waals surface area contributed by atoms with Crippen LogP contribution in [-0.4, -0.2) is 74.0 Å². The standard InChI is InChI=1S/C13H18N2O6S2/c1-2-21-8-11(16)14-3-5-15(6-4-14)23(19,20)12-7-10(9-22-12)13(17)18/h7,9H,2-6,8H2,1H3,(H,17,18). The Morgan fingerprint density at radius 3 is 2.48 bits per heavy atom. The first-order valence-corrected chi connectivity index (χ1v) is 9.35. The minimum Gasteiger partial charge on any atom is -0.478 e. The molecule has 1 N–H and O–H groups in total. The molecule has 23 heavy (non-hydrogen) atoms. The number of carbonyl (C=O) groups is 2. The third-order valence-electron chi connectivity index (χ3n) is 3.44. The number of carboxylic acids is 1. The van der Waals surface area contributed by atoms with Crippen LogP contribution < -0.4 is 0 Å². The summed E-state index contributed by atoms with van der Waals surface area (Å²) in [5.41, 5.74) is -0.0425. The number of carboxylic acid groups (broad SMARTS) is 1. The average molecular weight is 362 g/mol. The zero-order valence-electron chi connectivity index (χ0n) is 12.6. The number of rotatable bonds is 6. The van der Waals surface area contributed by atoms with E-state index in [1.165, 1.54) is 9.69 Å². The Labute approximate surface area is 138 Å². The number of amides is 1. The Kier molecular flexibility index (Phi) is 5.74. The van der Waals surface area contributed by atoms with Crippen LogP contribution in [0.1, 0.15) is 17.3 Å². The first-order chi connectivity index (χ1) is 10.9. The average Bonchev–Trinajstić information content (AvgIpc) is 3.03. The monoisotopic (exact) mass is 362 g/mol. The summed E-state index contributed by atoms with van der Waals surface area (Å²) in [6.45, 7) is 3.19. The molecule has 0 bridgehead atoms. The summed E-state index contributed by atoms with van der Waals surface area (Å²) < 4.78 is 31.3. The summed E-state index contributed by atoms with van der Waals surface area (Å²) in [6, 6.07) is 1.16. The first kappa shape index (κ1) is 17.9. The molecule has 2 rings (SSSR count). The van der Waals surface area contributed by atoms with Gasteiger partial charge in [0, 0.05) is 38.2 Å². The predicted molar refractivity (Wildman–Crippen MR) is 83.1 cm³/mol. The molecule has 8 nitrogen and oxygen atoms in total. The number of hydrogen-bond acceptors (Lipinski definition) is 6. The van der Waals surface area contributed by atoms with E-state index < -0.39 is 16.0 Å². The highest BCUT2D eigenvalue weighted by Gasteiger charge is 2.31. The molecule has 1 aliphatic heterocycles. The third kappa shape index (κ3) is 4.08. The normalized spacial score (nSPS) is 16.5. The van der Waals surface area contributed by atoms with Gasteiger partial charge in [0.2, 0.25) is 5.91 Å². The van der Waals surface area contributed by atoms with E-state index in [9.17, 15) is 18.0 Å². The van der Waals surface area contributed by atoms with Crippen LogP contribution in [0.15, 0.2) is 15.7 Å². The van der Waals surface area contributed by atoms with E-state index in [1.807, 2.05) is 0 Å². The van der Waals surface area contributed by atoms with Gasteiger partial charge in [-0.05, 0) is 13.0 Å². The molecule has 0 saturated carbocycles. The number of piperazine rings is 1. The van der Waals surface area contributed by atoms with Crippen molar-refractivity contribution in [2.75, 3.05) is 39.4 Å². The molecule has 1 aliphatic rings. The molecule has 1 fully saturated rings. The largest absolute Gasteiger partial charge is 0.478 e. The van der Waals surface area contributed by atoms with Crippen LogP contribution in [0.3, 0.4) is 0 Å². The lowest BCUT2D eigenvalue weighted by molar-refractivity contribution is -0.137. The second kappa shape index (κ2) is 7.39. The molecule has 0 aromatic carbocycles. The van der Waals surface area contributed by atoms with Crippen LogP contribution in [0.2, 0.25) is 0 Å². The van der Waals surface area contributed by atoms with Crippen LogP contribution in [0, 0.1) is 0 Å². The van der Waals surface area contributed by atoms with Crippen molar-refractivity contribution in [1.29, 1.82) is 0 Å². The zero-order chi connectivity index (χ0) is 17.0. The lowest BCUT2D eigenvalue weighted by Crippen LogP contribution is -2.51. The molecule has 1 amide bonds. The van der Waals surface area contributed by atoms with Gasteiger partial charge in [0.15, 0.2) is 0 Å². The van der Waals surface area contributed by atoms with E-state index in [-0.39, 0.29) is 35.4 Å². The third-order valence-corrected chi connectivity index (χ3v) is 6.75. The van der Waals surface area contributed by atoms with Crippen molar-refractivity contribution < 1.29 is 27.9 Å². The minimum absolute atomic E-state index is 0.00370. The van der Waals surface area contributed by atoms with Crippen molar-refractivity contribution in [2.45, 2.75) is 11.1 Å². The molecule has 0 radical (unpaired) electrons. The first-order valence-electron chi connectivity index (χ1n) is 7.03. The Balaban J connectivity index is 2.00. The van der Waals surface area contributed by atoms with Crippen molar-refractivity contribution in [2.24, 2.45) is 0 Å². The van der Waals surface area contributed by atoms with E-state index in [4.69, 9.17) is 9.84 Å².